The highest BCUT2D eigenvalue weighted by Gasteiger charge is 2.70. The smallest absolute Gasteiger partial charge is 0.333 e. The van der Waals surface area contributed by atoms with Crippen molar-refractivity contribution in [3.8, 4) is 11.5 Å². The Morgan fingerprint density at radius 3 is 1.73 bits per heavy atom. The van der Waals surface area contributed by atoms with Crippen LogP contribution in [0, 0.1) is 11.8 Å². The van der Waals surface area contributed by atoms with Crippen LogP contribution in [0.3, 0.4) is 0 Å². The number of fused-ring (bicyclic) bond motifs is 1. The molecule has 0 saturated carbocycles. The van der Waals surface area contributed by atoms with Gasteiger partial charge in [-0.3, -0.25) is 19.2 Å². The molecule has 0 spiro atoms. The number of hydrogen-bond donors (Lipinski definition) is 1. The molecule has 2 aliphatic rings. The van der Waals surface area contributed by atoms with Gasteiger partial charge >= 0.3 is 11.9 Å². The van der Waals surface area contributed by atoms with Crippen molar-refractivity contribution in [1.29, 1.82) is 0 Å². The highest BCUT2D eigenvalue weighted by molar-refractivity contribution is 6.02. The van der Waals surface area contributed by atoms with Gasteiger partial charge in [-0.15, -0.1) is 0 Å². The molecule has 2 saturated heterocycles. The number of carbonyl (C=O) groups excluding carboxylic acids is 4. The number of esters is 1. The number of nitrogens with zero attached hydrogens (tertiary/aromatic N) is 2. The van der Waals surface area contributed by atoms with E-state index in [-0.39, 0.29) is 36.0 Å². The summed E-state index contributed by atoms with van der Waals surface area (Å²) < 4.78 is 16.3. The molecule has 2 aromatic carbocycles. The van der Waals surface area contributed by atoms with E-state index in [2.05, 4.69) is 27.7 Å². The summed E-state index contributed by atoms with van der Waals surface area (Å²) in [7, 11) is 3.22. The van der Waals surface area contributed by atoms with Crippen molar-refractivity contribution >= 4 is 29.5 Å². The fourth-order valence-electron chi connectivity index (χ4n) is 9.06. The van der Waals surface area contributed by atoms with Gasteiger partial charge in [0.05, 0.1) is 26.1 Å². The second-order valence-corrected chi connectivity index (χ2v) is 17.6. The third kappa shape index (κ3) is 16.6. The zero-order valence-corrected chi connectivity index (χ0v) is 39.6. The van der Waals surface area contributed by atoms with E-state index in [0.717, 1.165) is 113 Å². The van der Waals surface area contributed by atoms with E-state index in [0.29, 0.717) is 25.1 Å². The molecule has 63 heavy (non-hydrogen) atoms. The largest absolute Gasteiger partial charge is 0.497 e. The molecule has 0 aliphatic carbocycles. The van der Waals surface area contributed by atoms with Gasteiger partial charge < -0.3 is 29.1 Å². The van der Waals surface area contributed by atoms with Crippen molar-refractivity contribution in [3.63, 3.8) is 0 Å². The fourth-order valence-corrected chi connectivity index (χ4v) is 9.06. The molecule has 4 atom stereocenters. The Kier molecular flexibility index (Phi) is 24.5. The maximum atomic E-state index is 13.5. The van der Waals surface area contributed by atoms with Crippen LogP contribution in [0.2, 0.25) is 0 Å². The number of carboxylic acids is 1. The van der Waals surface area contributed by atoms with E-state index in [9.17, 15) is 29.1 Å². The van der Waals surface area contributed by atoms with Crippen LogP contribution in [-0.4, -0.2) is 76.8 Å². The number of ketones is 1. The average molecular weight is 877 g/mol. The van der Waals surface area contributed by atoms with Crippen molar-refractivity contribution in [3.05, 3.63) is 59.7 Å². The molecular weight excluding hydrogens is 797 g/mol. The number of carbonyl (C=O) groups is 5. The zero-order valence-electron chi connectivity index (χ0n) is 39.6. The molecule has 2 aromatic rings. The number of ether oxygens (including phenoxy) is 3. The van der Waals surface area contributed by atoms with Gasteiger partial charge in [-0.1, -0.05) is 155 Å². The number of carboxylic acid groups (broad SMARTS) is 1. The predicted molar refractivity (Wildman–Crippen MR) is 248 cm³/mol. The fraction of sp³-hybridized carbons (Fsp3) is 0.673. The number of Topliss-reactive ketones (excluding diaryl/α,β-unsaturated/α-hetero) is 1. The molecular formula is C52H80N2O9. The van der Waals surface area contributed by atoms with Crippen LogP contribution in [-0.2, 0) is 41.8 Å². The summed E-state index contributed by atoms with van der Waals surface area (Å²) in [5, 5.41) is 9.38. The topological polar surface area (TPSA) is 140 Å². The van der Waals surface area contributed by atoms with Gasteiger partial charge in [0.2, 0.25) is 11.8 Å². The number of hydrogen-bond acceptors (Lipinski definition) is 8. The summed E-state index contributed by atoms with van der Waals surface area (Å²) in [5.74, 6) is -1.10. The molecule has 2 unspecified atom stereocenters. The number of benzene rings is 2. The Balaban J connectivity index is 0.000000335. The summed E-state index contributed by atoms with van der Waals surface area (Å²) in [4.78, 5) is 67.0. The lowest BCUT2D eigenvalue weighted by atomic mass is 9.74. The minimum atomic E-state index is -1.08. The molecule has 2 fully saturated rings. The second kappa shape index (κ2) is 29.1. The summed E-state index contributed by atoms with van der Waals surface area (Å²) in [6.45, 7) is 8.86. The number of unbranched alkanes of at least 4 members (excludes halogenated alkanes) is 14. The first kappa shape index (κ1) is 52.9. The quantitative estimate of drug-likeness (QED) is 0.0432. The highest BCUT2D eigenvalue weighted by atomic mass is 16.6. The lowest BCUT2D eigenvalue weighted by Gasteiger charge is -2.47. The summed E-state index contributed by atoms with van der Waals surface area (Å²) in [6.07, 6.45) is 21.9. The Hall–Kier alpha value is -4.41. The van der Waals surface area contributed by atoms with Crippen molar-refractivity contribution < 1.29 is 43.3 Å². The molecule has 2 aliphatic heterocycles. The van der Waals surface area contributed by atoms with Gasteiger partial charge in [-0.2, -0.15) is 0 Å². The third-order valence-electron chi connectivity index (χ3n) is 12.7. The summed E-state index contributed by atoms with van der Waals surface area (Å²) >= 11 is 0. The minimum absolute atomic E-state index is 0.0480. The monoisotopic (exact) mass is 877 g/mol. The average Bonchev–Trinajstić information content (AvgIpc) is 3.45. The molecule has 11 nitrogen and oxygen atoms in total. The maximum absolute atomic E-state index is 13.5. The zero-order chi connectivity index (χ0) is 46.0. The van der Waals surface area contributed by atoms with Crippen LogP contribution < -0.4 is 9.47 Å². The minimum Gasteiger partial charge on any atom is -0.497 e. The lowest BCUT2D eigenvalue weighted by molar-refractivity contribution is -0.212. The first-order valence-corrected chi connectivity index (χ1v) is 24.3. The van der Waals surface area contributed by atoms with Crippen LogP contribution >= 0.6 is 0 Å². The van der Waals surface area contributed by atoms with Crippen molar-refractivity contribution in [2.24, 2.45) is 11.8 Å². The van der Waals surface area contributed by atoms with Gasteiger partial charge in [0.1, 0.15) is 23.8 Å². The van der Waals surface area contributed by atoms with Crippen LogP contribution in [0.4, 0.5) is 0 Å². The molecule has 0 radical (unpaired) electrons. The van der Waals surface area contributed by atoms with E-state index < -0.39 is 30.1 Å². The van der Waals surface area contributed by atoms with Crippen molar-refractivity contribution in [1.82, 2.24) is 9.80 Å². The van der Waals surface area contributed by atoms with E-state index in [1.807, 2.05) is 36.4 Å². The van der Waals surface area contributed by atoms with Crippen LogP contribution in [0.1, 0.15) is 180 Å². The Morgan fingerprint density at radius 1 is 0.698 bits per heavy atom. The highest BCUT2D eigenvalue weighted by Crippen LogP contribution is 2.51. The lowest BCUT2D eigenvalue weighted by Crippen LogP contribution is -2.65. The SMILES string of the molecule is CCCCCCCC(=O)C(CCCCCC)C(=O)N(CC(=O)O)Cc1ccc(OC)cc1.CCCCCCC[C@@]12OC(=O)C1N(Cc1ccc(OC)cc1)C(=O)[C@H]2CCCCCC. The molecule has 0 aromatic heterocycles. The first-order valence-electron chi connectivity index (χ1n) is 24.3. The normalized spacial score (nSPS) is 18.1. The Bertz CT molecular complexity index is 1660. The summed E-state index contributed by atoms with van der Waals surface area (Å²) in [6, 6.07) is 14.5. The number of methoxy groups -OCH3 is 2. The van der Waals surface area contributed by atoms with E-state index in [4.69, 9.17) is 14.2 Å². The van der Waals surface area contributed by atoms with Gasteiger partial charge in [-0.05, 0) is 67.5 Å². The van der Waals surface area contributed by atoms with Crippen molar-refractivity contribution in [2.75, 3.05) is 20.8 Å². The van der Waals surface area contributed by atoms with Crippen LogP contribution in [0.5, 0.6) is 11.5 Å². The predicted octanol–water partition coefficient (Wildman–Crippen LogP) is 11.3. The molecule has 2 amide bonds. The summed E-state index contributed by atoms with van der Waals surface area (Å²) in [5.41, 5.74) is 1.20. The number of aliphatic carboxylic acids is 1. The van der Waals surface area contributed by atoms with E-state index in [1.165, 1.54) is 37.0 Å². The molecule has 1 N–H and O–H groups in total. The molecule has 11 heteroatoms. The maximum Gasteiger partial charge on any atom is 0.333 e. The van der Waals surface area contributed by atoms with Crippen LogP contribution in [0.25, 0.3) is 0 Å². The number of rotatable bonds is 32. The third-order valence-corrected chi connectivity index (χ3v) is 12.7. The van der Waals surface area contributed by atoms with Gasteiger partial charge in [-0.25, -0.2) is 4.79 Å². The second-order valence-electron chi connectivity index (χ2n) is 17.6. The molecule has 0 bridgehead atoms. The Labute approximate surface area is 379 Å². The molecule has 352 valence electrons. The van der Waals surface area contributed by atoms with E-state index in [1.54, 1.807) is 31.3 Å². The first-order chi connectivity index (χ1) is 30.5. The Morgan fingerprint density at radius 2 is 1.21 bits per heavy atom. The molecule has 4 rings (SSSR count). The van der Waals surface area contributed by atoms with Crippen LogP contribution in [0.15, 0.2) is 48.5 Å². The number of likely N-dealkylation sites (tertiary alicyclic amines) is 1. The van der Waals surface area contributed by atoms with E-state index >= 15 is 0 Å². The number of amides is 2. The standard InChI is InChI=1S/C26H41NO5.C26H39NO4/c1-4-6-8-10-12-14-24(28)23(13-11-9-7-5-2)26(31)27(20-25(29)30)19-21-15-17-22(32-3)18-16-21;1-4-6-8-10-12-18-26-22(13-11-9-7-5-2)24(28)27(23(26)25(29)31-26)19-20-14-16-21(30-3)17-15-20/h15-18,23H,4-14,19-20H2,1-3H3,(H,29,30);14-17,22-23H,4-13,18-19H2,1-3H3/t;22-,23?,26+/m.1/s1. The van der Waals surface area contributed by atoms with Crippen molar-refractivity contribution in [2.45, 2.75) is 194 Å². The van der Waals surface area contributed by atoms with Gasteiger partial charge in [0.25, 0.3) is 0 Å². The van der Waals surface area contributed by atoms with Gasteiger partial charge in [0, 0.05) is 19.5 Å². The van der Waals surface area contributed by atoms with Gasteiger partial charge in [0.15, 0.2) is 11.6 Å². The molecule has 2 heterocycles.